The highest BCUT2D eigenvalue weighted by Crippen LogP contribution is 2.27. The number of ether oxygens (including phenoxy) is 1. The van der Waals surface area contributed by atoms with Crippen molar-refractivity contribution >= 4 is 30.6 Å². The number of hydrogen-bond acceptors (Lipinski definition) is 5. The smallest absolute Gasteiger partial charge is 0.452 e. The van der Waals surface area contributed by atoms with Gasteiger partial charge in [0, 0.05) is 34.0 Å². The highest BCUT2D eigenvalue weighted by Gasteiger charge is 2.40. The van der Waals surface area contributed by atoms with Gasteiger partial charge in [-0.1, -0.05) is 30.3 Å². The summed E-state index contributed by atoms with van der Waals surface area (Å²) in [5.41, 5.74) is 0. The summed E-state index contributed by atoms with van der Waals surface area (Å²) in [4.78, 5) is 0. The van der Waals surface area contributed by atoms with Crippen molar-refractivity contribution in [3.8, 4) is 0 Å². The van der Waals surface area contributed by atoms with Crippen LogP contribution in [-0.4, -0.2) is 60.2 Å². The Morgan fingerprint density at radius 2 is 1.43 bits per heavy atom. The average Bonchev–Trinajstić information content (AvgIpc) is 2.69. The van der Waals surface area contributed by atoms with Gasteiger partial charge in [0.15, 0.2) is 15.2 Å². The summed E-state index contributed by atoms with van der Waals surface area (Å²) < 4.78 is 40.7. The van der Waals surface area contributed by atoms with Gasteiger partial charge in [-0.15, -0.1) is 0 Å². The van der Waals surface area contributed by atoms with Crippen molar-refractivity contribution in [2.75, 3.05) is 34.8 Å². The van der Waals surface area contributed by atoms with Gasteiger partial charge in [-0.3, -0.25) is 0 Å². The molecule has 0 fully saturated rings. The number of halogens is 1. The van der Waals surface area contributed by atoms with Gasteiger partial charge in [-0.25, -0.2) is 4.39 Å². The number of hydrogen-bond donors (Lipinski definition) is 0. The summed E-state index contributed by atoms with van der Waals surface area (Å²) in [6.07, 6.45) is 1.75. The van der Waals surface area contributed by atoms with Crippen LogP contribution in [-0.2, 0) is 22.1 Å². The minimum atomic E-state index is -2.54. The molecule has 0 aliphatic carbocycles. The van der Waals surface area contributed by atoms with Gasteiger partial charge in [0.1, 0.15) is 0 Å². The third kappa shape index (κ3) is 8.15. The van der Waals surface area contributed by atoms with Gasteiger partial charge < -0.3 is 22.1 Å². The fourth-order valence-corrected chi connectivity index (χ4v) is 14.8. The SMILES string of the molecule is CO[Si](CCC[Si](C)(C)O[Si](C)(CCCOCF)c1ccccc1)(OC)OC. The van der Waals surface area contributed by atoms with E-state index in [1.807, 2.05) is 6.07 Å². The molecule has 1 atom stereocenters. The van der Waals surface area contributed by atoms with Gasteiger partial charge in [0.25, 0.3) is 0 Å². The van der Waals surface area contributed by atoms with E-state index in [-0.39, 0.29) is 0 Å². The Balaban J connectivity index is 2.79. The second kappa shape index (κ2) is 12.3. The molecule has 1 aromatic rings. The fraction of sp³-hybridized carbons (Fsp3) is 0.684. The minimum absolute atomic E-state index is 0.431. The van der Waals surface area contributed by atoms with Crippen molar-refractivity contribution in [2.45, 2.75) is 50.6 Å². The molecule has 0 saturated carbocycles. The lowest BCUT2D eigenvalue weighted by atomic mass is 10.4. The summed E-state index contributed by atoms with van der Waals surface area (Å²) in [5, 5.41) is 1.28. The van der Waals surface area contributed by atoms with E-state index in [0.717, 1.165) is 31.0 Å². The van der Waals surface area contributed by atoms with Gasteiger partial charge in [0.2, 0.25) is 8.32 Å². The highest BCUT2D eigenvalue weighted by molar-refractivity contribution is 6.93. The van der Waals surface area contributed by atoms with Crippen LogP contribution in [0, 0.1) is 0 Å². The Hall–Kier alpha value is -0.399. The first-order valence-corrected chi connectivity index (χ1v) is 17.5. The zero-order chi connectivity index (χ0) is 21.1. The third-order valence-corrected chi connectivity index (χ3v) is 16.4. The molecule has 0 amide bonds. The van der Waals surface area contributed by atoms with E-state index in [2.05, 4.69) is 43.9 Å². The van der Waals surface area contributed by atoms with Crippen LogP contribution in [0.4, 0.5) is 4.39 Å². The first-order valence-electron chi connectivity index (χ1n) is 9.81. The summed E-state index contributed by atoms with van der Waals surface area (Å²) in [5.74, 6) is 0. The average molecular weight is 449 g/mol. The molecule has 0 bridgehead atoms. The second-order valence-electron chi connectivity index (χ2n) is 7.73. The molecule has 28 heavy (non-hydrogen) atoms. The van der Waals surface area contributed by atoms with Crippen molar-refractivity contribution in [3.05, 3.63) is 30.3 Å². The van der Waals surface area contributed by atoms with Crippen LogP contribution >= 0.6 is 0 Å². The Labute approximate surface area is 173 Å². The predicted octanol–water partition coefficient (Wildman–Crippen LogP) is 4.29. The van der Waals surface area contributed by atoms with Crippen molar-refractivity contribution in [1.29, 1.82) is 0 Å². The lowest BCUT2D eigenvalue weighted by molar-refractivity contribution is 0.0581. The zero-order valence-corrected chi connectivity index (χ0v) is 21.3. The van der Waals surface area contributed by atoms with Gasteiger partial charge in [-0.2, -0.15) is 0 Å². The van der Waals surface area contributed by atoms with Crippen LogP contribution in [0.1, 0.15) is 12.8 Å². The Kier molecular flexibility index (Phi) is 11.3. The van der Waals surface area contributed by atoms with E-state index < -0.39 is 32.3 Å². The van der Waals surface area contributed by atoms with E-state index in [1.165, 1.54) is 5.19 Å². The molecule has 1 aromatic carbocycles. The lowest BCUT2D eigenvalue weighted by Gasteiger charge is -2.37. The third-order valence-electron chi connectivity index (χ3n) is 5.10. The summed E-state index contributed by atoms with van der Waals surface area (Å²) >= 11 is 0. The molecule has 0 aromatic heterocycles. The molecule has 0 aliphatic rings. The van der Waals surface area contributed by atoms with Crippen LogP contribution in [0.5, 0.6) is 0 Å². The van der Waals surface area contributed by atoms with Gasteiger partial charge in [0.05, 0.1) is 0 Å². The summed E-state index contributed by atoms with van der Waals surface area (Å²) in [6, 6.07) is 13.2. The summed E-state index contributed by atoms with van der Waals surface area (Å²) in [7, 11) is -1.67. The molecule has 0 heterocycles. The molecule has 0 N–H and O–H groups in total. The first-order chi connectivity index (χ1) is 13.3. The molecule has 0 spiro atoms. The molecular weight excluding hydrogens is 411 g/mol. The van der Waals surface area contributed by atoms with Crippen molar-refractivity contribution in [1.82, 2.24) is 0 Å². The summed E-state index contributed by atoms with van der Waals surface area (Å²) in [6.45, 7) is 6.52. The molecular formula is C19H37FO5Si3. The Morgan fingerprint density at radius 3 is 1.96 bits per heavy atom. The molecule has 9 heteroatoms. The van der Waals surface area contributed by atoms with Gasteiger partial charge >= 0.3 is 8.80 Å². The van der Waals surface area contributed by atoms with E-state index >= 15 is 0 Å². The maximum Gasteiger partial charge on any atom is 0.500 e. The molecule has 0 radical (unpaired) electrons. The fourth-order valence-electron chi connectivity index (χ4n) is 3.56. The topological polar surface area (TPSA) is 46.2 Å². The molecule has 162 valence electrons. The van der Waals surface area contributed by atoms with Gasteiger partial charge in [-0.05, 0) is 49.8 Å². The molecule has 0 aliphatic heterocycles. The lowest BCUT2D eigenvalue weighted by Crippen LogP contribution is -2.55. The molecule has 1 unspecified atom stereocenters. The van der Waals surface area contributed by atoms with E-state index in [0.29, 0.717) is 6.61 Å². The van der Waals surface area contributed by atoms with Crippen molar-refractivity contribution in [2.24, 2.45) is 0 Å². The van der Waals surface area contributed by atoms with E-state index in [9.17, 15) is 4.39 Å². The largest absolute Gasteiger partial charge is 0.500 e. The monoisotopic (exact) mass is 448 g/mol. The maximum absolute atomic E-state index is 12.3. The molecule has 0 saturated heterocycles. The van der Waals surface area contributed by atoms with Crippen molar-refractivity contribution < 1.29 is 26.5 Å². The zero-order valence-electron chi connectivity index (χ0n) is 18.3. The van der Waals surface area contributed by atoms with Crippen LogP contribution in [0.3, 0.4) is 0 Å². The maximum atomic E-state index is 12.3. The predicted molar refractivity (Wildman–Crippen MR) is 119 cm³/mol. The minimum Gasteiger partial charge on any atom is -0.452 e. The standard InChI is InChI=1S/C19H37FO5Si3/c1-21-28(22-2,23-3)17-11-15-26(4,5)25-27(6,16-10-14-24-18-20)19-12-8-7-9-13-19/h7-9,12-13H,10-11,14-18H2,1-6H3. The second-order valence-corrected chi connectivity index (χ2v) is 19.2. The molecule has 1 rings (SSSR count). The van der Waals surface area contributed by atoms with Crippen LogP contribution < -0.4 is 5.19 Å². The number of rotatable bonds is 15. The van der Waals surface area contributed by atoms with Crippen LogP contribution in [0.2, 0.25) is 37.8 Å². The van der Waals surface area contributed by atoms with Crippen LogP contribution in [0.15, 0.2) is 30.3 Å². The van der Waals surface area contributed by atoms with Crippen LogP contribution in [0.25, 0.3) is 0 Å². The van der Waals surface area contributed by atoms with E-state index in [4.69, 9.17) is 22.1 Å². The molecule has 5 nitrogen and oxygen atoms in total. The van der Waals surface area contributed by atoms with E-state index in [1.54, 1.807) is 21.3 Å². The highest BCUT2D eigenvalue weighted by atomic mass is 28.4. The van der Waals surface area contributed by atoms with Crippen molar-refractivity contribution in [3.63, 3.8) is 0 Å². The number of alkyl halides is 1. The first kappa shape index (κ1) is 25.6. The quantitative estimate of drug-likeness (QED) is 0.296. The normalized spacial score (nSPS) is 14.8. The Morgan fingerprint density at radius 1 is 0.821 bits per heavy atom. The Bertz CT molecular complexity index is 537. The number of benzene rings is 1.